The van der Waals surface area contributed by atoms with Gasteiger partial charge >= 0.3 is 0 Å². The molecule has 0 saturated carbocycles. The number of ether oxygens (including phenoxy) is 1. The first kappa shape index (κ1) is 9.38. The van der Waals surface area contributed by atoms with E-state index in [2.05, 4.69) is 5.18 Å². The van der Waals surface area contributed by atoms with Gasteiger partial charge in [-0.3, -0.25) is 4.79 Å². The minimum absolute atomic E-state index is 0.326. The minimum Gasteiger partial charge on any atom is -0.496 e. The van der Waals surface area contributed by atoms with Crippen LogP contribution in [0.15, 0.2) is 29.4 Å². The summed E-state index contributed by atoms with van der Waals surface area (Å²) in [5, 5.41) is 2.53. The average molecular weight is 179 g/mol. The SMILES string of the molecule is COc1ccccc1C(=O)CN=O. The summed E-state index contributed by atoms with van der Waals surface area (Å²) in [4.78, 5) is 21.1. The topological polar surface area (TPSA) is 55.7 Å². The predicted molar refractivity (Wildman–Crippen MR) is 48.0 cm³/mol. The number of hydrogen-bond donors (Lipinski definition) is 0. The second kappa shape index (κ2) is 4.35. The standard InChI is InChI=1S/C9H9NO3/c1-13-9-5-3-2-4-7(9)8(11)6-10-12/h2-5H,6H2,1H3. The molecule has 13 heavy (non-hydrogen) atoms. The molecule has 0 atom stereocenters. The van der Waals surface area contributed by atoms with Crippen LogP contribution in [0.1, 0.15) is 10.4 Å². The number of carbonyl (C=O) groups excluding carboxylic acids is 1. The van der Waals surface area contributed by atoms with Gasteiger partial charge in [0.15, 0.2) is 5.78 Å². The van der Waals surface area contributed by atoms with Crippen molar-refractivity contribution in [1.29, 1.82) is 0 Å². The Balaban J connectivity index is 2.98. The maximum atomic E-state index is 11.3. The molecule has 4 heteroatoms. The van der Waals surface area contributed by atoms with Gasteiger partial charge in [0.05, 0.1) is 12.7 Å². The van der Waals surface area contributed by atoms with E-state index in [4.69, 9.17) is 4.74 Å². The van der Waals surface area contributed by atoms with Crippen LogP contribution >= 0.6 is 0 Å². The first-order valence-corrected chi connectivity index (χ1v) is 3.75. The summed E-state index contributed by atoms with van der Waals surface area (Å²) < 4.78 is 4.95. The molecule has 1 aromatic rings. The predicted octanol–water partition coefficient (Wildman–Crippen LogP) is 1.64. The molecule has 1 aromatic carbocycles. The third-order valence-electron chi connectivity index (χ3n) is 1.62. The fraction of sp³-hybridized carbons (Fsp3) is 0.222. The van der Waals surface area contributed by atoms with Crippen molar-refractivity contribution in [3.05, 3.63) is 34.7 Å². The zero-order valence-electron chi connectivity index (χ0n) is 7.19. The molecule has 4 nitrogen and oxygen atoms in total. The van der Waals surface area contributed by atoms with Crippen molar-refractivity contribution >= 4 is 5.78 Å². The van der Waals surface area contributed by atoms with Crippen LogP contribution in [0.4, 0.5) is 0 Å². The number of nitroso groups, excluding NO2 is 1. The molecule has 68 valence electrons. The van der Waals surface area contributed by atoms with Gasteiger partial charge in [-0.1, -0.05) is 17.3 Å². The molecule has 0 unspecified atom stereocenters. The maximum Gasteiger partial charge on any atom is 0.191 e. The molecule has 0 N–H and O–H groups in total. The molecule has 0 aromatic heterocycles. The van der Waals surface area contributed by atoms with Gasteiger partial charge < -0.3 is 4.74 Å². The Bertz CT molecular complexity index is 322. The number of ketones is 1. The molecule has 0 amide bonds. The summed E-state index contributed by atoms with van der Waals surface area (Å²) in [6, 6.07) is 6.73. The average Bonchev–Trinajstić information content (AvgIpc) is 2.18. The van der Waals surface area contributed by atoms with E-state index < -0.39 is 0 Å². The van der Waals surface area contributed by atoms with Gasteiger partial charge in [-0.2, -0.15) is 4.91 Å². The zero-order valence-corrected chi connectivity index (χ0v) is 7.19. The number of carbonyl (C=O) groups is 1. The molecule has 0 saturated heterocycles. The highest BCUT2D eigenvalue weighted by Crippen LogP contribution is 2.17. The molecule has 0 spiro atoms. The lowest BCUT2D eigenvalue weighted by molar-refractivity contribution is 0.0999. The third kappa shape index (κ3) is 2.11. The smallest absolute Gasteiger partial charge is 0.191 e. The number of Topliss-reactive ketones (excluding diaryl/α,β-unsaturated/α-hetero) is 1. The van der Waals surface area contributed by atoms with E-state index in [1.54, 1.807) is 24.3 Å². The van der Waals surface area contributed by atoms with Crippen molar-refractivity contribution in [2.45, 2.75) is 0 Å². The van der Waals surface area contributed by atoms with Crippen LogP contribution in [0.2, 0.25) is 0 Å². The summed E-state index contributed by atoms with van der Waals surface area (Å²) in [5.74, 6) is 0.142. The molecule has 0 heterocycles. The number of nitrogens with zero attached hydrogens (tertiary/aromatic N) is 1. The molecule has 0 radical (unpaired) electrons. The van der Waals surface area contributed by atoms with E-state index in [9.17, 15) is 9.70 Å². The number of rotatable bonds is 4. The van der Waals surface area contributed by atoms with Crippen LogP contribution in [-0.4, -0.2) is 19.4 Å². The van der Waals surface area contributed by atoms with E-state index in [0.29, 0.717) is 11.3 Å². The van der Waals surface area contributed by atoms with Crippen LogP contribution in [0.5, 0.6) is 5.75 Å². The maximum absolute atomic E-state index is 11.3. The van der Waals surface area contributed by atoms with Gasteiger partial charge in [-0.05, 0) is 12.1 Å². The molecule has 1 rings (SSSR count). The monoisotopic (exact) mass is 179 g/mol. The Hall–Kier alpha value is -1.71. The fourth-order valence-electron chi connectivity index (χ4n) is 1.02. The summed E-state index contributed by atoms with van der Waals surface area (Å²) in [7, 11) is 1.47. The summed E-state index contributed by atoms with van der Waals surface area (Å²) in [6.45, 7) is -0.347. The molecule has 0 aliphatic rings. The fourth-order valence-corrected chi connectivity index (χ4v) is 1.02. The van der Waals surface area contributed by atoms with Crippen LogP contribution in [0, 0.1) is 4.91 Å². The molecule has 0 bridgehead atoms. The lowest BCUT2D eigenvalue weighted by Gasteiger charge is -2.04. The van der Waals surface area contributed by atoms with E-state index in [1.165, 1.54) is 7.11 Å². The Morgan fingerprint density at radius 2 is 2.15 bits per heavy atom. The van der Waals surface area contributed by atoms with Crippen LogP contribution in [0.3, 0.4) is 0 Å². The third-order valence-corrected chi connectivity index (χ3v) is 1.62. The quantitative estimate of drug-likeness (QED) is 0.521. The molecular formula is C9H9NO3. The first-order chi connectivity index (χ1) is 6.29. The Morgan fingerprint density at radius 3 is 2.77 bits per heavy atom. The van der Waals surface area contributed by atoms with E-state index in [0.717, 1.165) is 0 Å². The van der Waals surface area contributed by atoms with Gasteiger partial charge in [0, 0.05) is 0 Å². The van der Waals surface area contributed by atoms with Crippen LogP contribution < -0.4 is 4.74 Å². The van der Waals surface area contributed by atoms with Crippen molar-refractivity contribution in [2.24, 2.45) is 5.18 Å². The lowest BCUT2D eigenvalue weighted by Crippen LogP contribution is -2.04. The lowest BCUT2D eigenvalue weighted by atomic mass is 10.1. The Morgan fingerprint density at radius 1 is 1.46 bits per heavy atom. The number of benzene rings is 1. The van der Waals surface area contributed by atoms with Gasteiger partial charge in [0.2, 0.25) is 0 Å². The molecule has 0 fully saturated rings. The number of para-hydroxylation sites is 1. The normalized spacial score (nSPS) is 9.31. The van der Waals surface area contributed by atoms with Crippen molar-refractivity contribution in [3.8, 4) is 5.75 Å². The number of methoxy groups -OCH3 is 1. The van der Waals surface area contributed by atoms with Gasteiger partial charge in [0.1, 0.15) is 12.3 Å². The Kier molecular flexibility index (Phi) is 3.14. The van der Waals surface area contributed by atoms with Gasteiger partial charge in [0.25, 0.3) is 0 Å². The van der Waals surface area contributed by atoms with Crippen molar-refractivity contribution < 1.29 is 9.53 Å². The minimum atomic E-state index is -0.347. The van der Waals surface area contributed by atoms with Crippen molar-refractivity contribution in [3.63, 3.8) is 0 Å². The molecule has 0 aliphatic heterocycles. The summed E-state index contributed by atoms with van der Waals surface area (Å²) >= 11 is 0. The second-order valence-electron chi connectivity index (χ2n) is 2.41. The van der Waals surface area contributed by atoms with Gasteiger partial charge in [-0.15, -0.1) is 0 Å². The summed E-state index contributed by atoms with van der Waals surface area (Å²) in [6.07, 6.45) is 0. The zero-order chi connectivity index (χ0) is 9.68. The second-order valence-corrected chi connectivity index (χ2v) is 2.41. The summed E-state index contributed by atoms with van der Waals surface area (Å²) in [5.41, 5.74) is 0.393. The first-order valence-electron chi connectivity index (χ1n) is 3.75. The van der Waals surface area contributed by atoms with Crippen LogP contribution in [0.25, 0.3) is 0 Å². The van der Waals surface area contributed by atoms with E-state index in [1.807, 2.05) is 0 Å². The van der Waals surface area contributed by atoms with E-state index >= 15 is 0 Å². The highest BCUT2D eigenvalue weighted by molar-refractivity contribution is 6.00. The number of hydrogen-bond acceptors (Lipinski definition) is 4. The van der Waals surface area contributed by atoms with Crippen molar-refractivity contribution in [1.82, 2.24) is 0 Å². The molecule has 0 aliphatic carbocycles. The highest BCUT2D eigenvalue weighted by atomic mass is 16.5. The van der Waals surface area contributed by atoms with Crippen LogP contribution in [-0.2, 0) is 0 Å². The van der Waals surface area contributed by atoms with Gasteiger partial charge in [-0.25, -0.2) is 0 Å². The Labute approximate surface area is 75.5 Å². The highest BCUT2D eigenvalue weighted by Gasteiger charge is 2.10. The molecular weight excluding hydrogens is 170 g/mol. The van der Waals surface area contributed by atoms with Crippen molar-refractivity contribution in [2.75, 3.05) is 13.7 Å². The largest absolute Gasteiger partial charge is 0.496 e. The van der Waals surface area contributed by atoms with E-state index in [-0.39, 0.29) is 12.3 Å².